The van der Waals surface area contributed by atoms with E-state index in [9.17, 15) is 4.79 Å². The number of carbonyl (C=O) groups excluding carboxylic acids is 1. The Kier molecular flexibility index (Phi) is 8.41. The van der Waals surface area contributed by atoms with Gasteiger partial charge in [-0.2, -0.15) is 0 Å². The lowest BCUT2D eigenvalue weighted by molar-refractivity contribution is 0.0977. The molecule has 0 spiro atoms. The molecule has 0 bridgehead atoms. The van der Waals surface area contributed by atoms with Crippen LogP contribution in [0.25, 0.3) is 0 Å². The Hall–Kier alpha value is -3.06. The lowest BCUT2D eigenvalue weighted by Crippen LogP contribution is -2.48. The second-order valence-corrected chi connectivity index (χ2v) is 8.86. The van der Waals surface area contributed by atoms with Crippen LogP contribution in [0.4, 0.5) is 4.79 Å². The Balaban J connectivity index is 1.30. The van der Waals surface area contributed by atoms with Crippen molar-refractivity contribution in [2.75, 3.05) is 39.3 Å². The molecule has 2 N–H and O–H groups in total. The molecule has 1 aliphatic heterocycles. The average Bonchev–Trinajstić information content (AvgIpc) is 2.86. The summed E-state index contributed by atoms with van der Waals surface area (Å²) >= 11 is 6.14. The van der Waals surface area contributed by atoms with E-state index >= 15 is 0 Å². The fraction of sp³-hybridized carbons (Fsp3) is 0.296. The van der Waals surface area contributed by atoms with Crippen molar-refractivity contribution in [3.63, 3.8) is 0 Å². The third kappa shape index (κ3) is 6.73. The largest absolute Gasteiger partial charge is 0.492 e. The Morgan fingerprint density at radius 1 is 0.941 bits per heavy atom. The van der Waals surface area contributed by atoms with Gasteiger partial charge in [0.1, 0.15) is 12.4 Å². The van der Waals surface area contributed by atoms with Crippen molar-refractivity contribution >= 4 is 17.6 Å². The minimum absolute atomic E-state index is 0.212. The summed E-state index contributed by atoms with van der Waals surface area (Å²) in [7, 11) is 0. The summed E-state index contributed by atoms with van der Waals surface area (Å²) < 4.78 is 5.95. The van der Waals surface area contributed by atoms with Crippen molar-refractivity contribution in [1.82, 2.24) is 20.9 Å². The molecule has 2 amide bonds. The highest BCUT2D eigenvalue weighted by Gasteiger charge is 2.26. The Morgan fingerprint density at radius 2 is 1.65 bits per heavy atom. The van der Waals surface area contributed by atoms with E-state index in [0.29, 0.717) is 13.2 Å². The molecule has 177 valence electrons. The molecule has 3 aromatic rings. The first-order chi connectivity index (χ1) is 16.6. The zero-order valence-electron chi connectivity index (χ0n) is 19.1. The van der Waals surface area contributed by atoms with Crippen LogP contribution >= 0.6 is 11.6 Å². The van der Waals surface area contributed by atoms with Gasteiger partial charge in [0.05, 0.1) is 6.04 Å². The predicted molar refractivity (Wildman–Crippen MR) is 135 cm³/mol. The number of amides is 2. The van der Waals surface area contributed by atoms with E-state index in [4.69, 9.17) is 22.1 Å². The van der Waals surface area contributed by atoms with Crippen molar-refractivity contribution in [2.24, 2.45) is 0 Å². The maximum Gasteiger partial charge on any atom is 0.333 e. The van der Waals surface area contributed by atoms with E-state index in [1.54, 1.807) is 0 Å². The fourth-order valence-corrected chi connectivity index (χ4v) is 4.49. The van der Waals surface area contributed by atoms with Crippen molar-refractivity contribution < 1.29 is 9.53 Å². The van der Waals surface area contributed by atoms with Gasteiger partial charge in [0.2, 0.25) is 0 Å². The summed E-state index contributed by atoms with van der Waals surface area (Å²) in [4.78, 5) is 15.8. The van der Waals surface area contributed by atoms with E-state index in [-0.39, 0.29) is 6.04 Å². The molecule has 34 heavy (non-hydrogen) atoms. The molecule has 1 aliphatic rings. The number of benzene rings is 3. The molecule has 0 saturated carbocycles. The molecule has 4 rings (SSSR count). The number of carbonyl (C=O) groups is 1. The second kappa shape index (κ2) is 11.9. The van der Waals surface area contributed by atoms with Gasteiger partial charge in [-0.15, -0.1) is 0 Å². The number of rotatable bonds is 9. The number of urea groups is 1. The Morgan fingerprint density at radius 3 is 2.35 bits per heavy atom. The minimum atomic E-state index is -0.781. The van der Waals surface area contributed by atoms with Crippen molar-refractivity contribution in [2.45, 2.75) is 12.6 Å². The summed E-state index contributed by atoms with van der Waals surface area (Å²) in [5.74, 6) is 0.780. The SMILES string of the molecule is [NH]C(=O)NCc1cccc(OCCN2CCN([C@H](c3ccccc3)c3ccc(Cl)cc3)CC2)c1. The number of piperazine rings is 1. The summed E-state index contributed by atoms with van der Waals surface area (Å²) in [6.45, 7) is 5.71. The van der Waals surface area contributed by atoms with E-state index in [0.717, 1.165) is 49.1 Å². The fourth-order valence-electron chi connectivity index (χ4n) is 4.36. The highest BCUT2D eigenvalue weighted by atomic mass is 35.5. The van der Waals surface area contributed by atoms with Crippen molar-refractivity contribution in [1.29, 1.82) is 0 Å². The van der Waals surface area contributed by atoms with Gasteiger partial charge in [0.25, 0.3) is 0 Å². The molecule has 6 nitrogen and oxygen atoms in total. The second-order valence-electron chi connectivity index (χ2n) is 8.42. The summed E-state index contributed by atoms with van der Waals surface area (Å²) in [5.41, 5.74) is 10.4. The van der Waals surface area contributed by atoms with Gasteiger partial charge in [0.15, 0.2) is 0 Å². The molecular weight excluding hydrogens is 448 g/mol. The number of halogens is 1. The topological polar surface area (TPSA) is 68.6 Å². The van der Waals surface area contributed by atoms with Crippen LogP contribution in [0.2, 0.25) is 5.02 Å². The van der Waals surface area contributed by atoms with Crippen LogP contribution in [-0.4, -0.2) is 55.2 Å². The zero-order chi connectivity index (χ0) is 23.8. The van der Waals surface area contributed by atoms with Gasteiger partial charge >= 0.3 is 6.03 Å². The highest BCUT2D eigenvalue weighted by Crippen LogP contribution is 2.30. The monoisotopic (exact) mass is 477 g/mol. The molecule has 1 saturated heterocycles. The number of nitrogens with zero attached hydrogens (tertiary/aromatic N) is 2. The Labute approximate surface area is 206 Å². The summed E-state index contributed by atoms with van der Waals surface area (Å²) in [6.07, 6.45) is 0. The van der Waals surface area contributed by atoms with Gasteiger partial charge in [-0.1, -0.05) is 66.2 Å². The molecule has 0 aliphatic carbocycles. The molecule has 0 aromatic heterocycles. The molecule has 7 heteroatoms. The lowest BCUT2D eigenvalue weighted by atomic mass is 9.96. The molecule has 3 aromatic carbocycles. The molecule has 1 fully saturated rings. The zero-order valence-corrected chi connectivity index (χ0v) is 19.9. The van der Waals surface area contributed by atoms with Gasteiger partial charge in [0, 0.05) is 44.3 Å². The van der Waals surface area contributed by atoms with Gasteiger partial charge in [-0.3, -0.25) is 9.80 Å². The molecule has 1 radical (unpaired) electrons. The lowest BCUT2D eigenvalue weighted by Gasteiger charge is -2.39. The van der Waals surface area contributed by atoms with Crippen LogP contribution in [0.15, 0.2) is 78.9 Å². The maximum atomic E-state index is 10.8. The van der Waals surface area contributed by atoms with Crippen LogP contribution < -0.4 is 15.8 Å². The molecule has 0 unspecified atom stereocenters. The molecular formula is C27H30ClN4O2. The first kappa shape index (κ1) is 24.1. The normalized spacial score (nSPS) is 15.6. The average molecular weight is 478 g/mol. The van der Waals surface area contributed by atoms with E-state index in [2.05, 4.69) is 57.6 Å². The maximum absolute atomic E-state index is 10.8. The quantitative estimate of drug-likeness (QED) is 0.488. The van der Waals surface area contributed by atoms with Crippen LogP contribution in [0.3, 0.4) is 0 Å². The summed E-state index contributed by atoms with van der Waals surface area (Å²) in [5, 5.41) is 3.25. The number of hydrogen-bond acceptors (Lipinski definition) is 4. The van der Waals surface area contributed by atoms with Gasteiger partial charge in [-0.25, -0.2) is 10.5 Å². The van der Waals surface area contributed by atoms with Crippen LogP contribution in [0.5, 0.6) is 5.75 Å². The van der Waals surface area contributed by atoms with Crippen molar-refractivity contribution in [3.8, 4) is 5.75 Å². The first-order valence-electron chi connectivity index (χ1n) is 11.6. The van der Waals surface area contributed by atoms with E-state index < -0.39 is 6.03 Å². The van der Waals surface area contributed by atoms with Crippen LogP contribution in [-0.2, 0) is 6.54 Å². The third-order valence-electron chi connectivity index (χ3n) is 6.10. The van der Waals surface area contributed by atoms with Crippen LogP contribution in [0, 0.1) is 0 Å². The molecule has 1 heterocycles. The first-order valence-corrected chi connectivity index (χ1v) is 11.9. The Bertz CT molecular complexity index is 1050. The van der Waals surface area contributed by atoms with Crippen molar-refractivity contribution in [3.05, 3.63) is 101 Å². The third-order valence-corrected chi connectivity index (χ3v) is 6.35. The smallest absolute Gasteiger partial charge is 0.333 e. The molecule has 1 atom stereocenters. The predicted octanol–water partition coefficient (Wildman–Crippen LogP) is 4.62. The summed E-state index contributed by atoms with van der Waals surface area (Å²) in [6, 6.07) is 25.9. The van der Waals surface area contributed by atoms with E-state index in [1.165, 1.54) is 11.1 Å². The minimum Gasteiger partial charge on any atom is -0.492 e. The van der Waals surface area contributed by atoms with Gasteiger partial charge < -0.3 is 10.1 Å². The van der Waals surface area contributed by atoms with Gasteiger partial charge in [-0.05, 0) is 41.0 Å². The van der Waals surface area contributed by atoms with Crippen LogP contribution in [0.1, 0.15) is 22.7 Å². The van der Waals surface area contributed by atoms with E-state index in [1.807, 2.05) is 36.4 Å². The highest BCUT2D eigenvalue weighted by molar-refractivity contribution is 6.30. The number of ether oxygens (including phenoxy) is 1. The standard InChI is InChI=1S/C27H30ClN4O2/c28-24-11-9-23(10-12-24)26(22-6-2-1-3-7-22)32-15-13-31(14-16-32)17-18-34-25-8-4-5-21(19-25)20-30-27(29)33/h1-12,19,26,29H,13-18,20H2,(H,30,33)/t26-/m1/s1. The number of nitrogens with one attached hydrogen (secondary N) is 2. The number of hydrogen-bond donors (Lipinski definition) is 1.